The molecule has 0 amide bonds. The highest BCUT2D eigenvalue weighted by atomic mass is 19.1. The lowest BCUT2D eigenvalue weighted by Crippen LogP contribution is -2.03. The van der Waals surface area contributed by atoms with E-state index in [0.717, 1.165) is 0 Å². The minimum absolute atomic E-state index is 0.0118. The predicted molar refractivity (Wildman–Crippen MR) is 49.3 cm³/mol. The van der Waals surface area contributed by atoms with Gasteiger partial charge in [0.15, 0.2) is 0 Å². The van der Waals surface area contributed by atoms with Crippen LogP contribution in [-0.4, -0.2) is 13.6 Å². The summed E-state index contributed by atoms with van der Waals surface area (Å²) in [5, 5.41) is 2.85. The second kappa shape index (κ2) is 4.72. The maximum absolute atomic E-state index is 13.0. The lowest BCUT2D eigenvalue weighted by Gasteiger charge is -1.97. The van der Waals surface area contributed by atoms with E-state index in [0.29, 0.717) is 6.54 Å². The van der Waals surface area contributed by atoms with Crippen molar-refractivity contribution in [2.45, 2.75) is 0 Å². The van der Waals surface area contributed by atoms with Crippen molar-refractivity contribution in [3.8, 4) is 0 Å². The molecule has 0 atom stereocenters. The van der Waals surface area contributed by atoms with E-state index in [1.807, 2.05) is 0 Å². The molecule has 1 rings (SSSR count). The van der Waals surface area contributed by atoms with Crippen molar-refractivity contribution in [1.82, 2.24) is 5.32 Å². The molecule has 0 unspecified atom stereocenters. The number of likely N-dealkylation sites (N-methyl/N-ethyl adjacent to an activating group) is 1. The Kier molecular flexibility index (Phi) is 3.58. The first-order valence-corrected chi connectivity index (χ1v) is 4.01. The van der Waals surface area contributed by atoms with E-state index in [4.69, 9.17) is 0 Å². The van der Waals surface area contributed by atoms with E-state index in [1.54, 1.807) is 13.1 Å². The second-order valence-electron chi connectivity index (χ2n) is 2.60. The molecule has 0 saturated carbocycles. The first kappa shape index (κ1) is 9.86. The van der Waals surface area contributed by atoms with E-state index < -0.39 is 11.6 Å². The van der Waals surface area contributed by atoms with Gasteiger partial charge in [-0.25, -0.2) is 8.78 Å². The number of halogens is 2. The van der Waals surface area contributed by atoms with Crippen molar-refractivity contribution in [2.24, 2.45) is 0 Å². The van der Waals surface area contributed by atoms with E-state index in [1.165, 1.54) is 24.3 Å². The van der Waals surface area contributed by atoms with Crippen molar-refractivity contribution < 1.29 is 8.78 Å². The Labute approximate surface area is 76.1 Å². The molecule has 1 nitrogen and oxygen atoms in total. The van der Waals surface area contributed by atoms with Crippen LogP contribution in [0.5, 0.6) is 0 Å². The van der Waals surface area contributed by atoms with E-state index in [2.05, 4.69) is 5.32 Å². The summed E-state index contributed by atoms with van der Waals surface area (Å²) >= 11 is 0. The summed E-state index contributed by atoms with van der Waals surface area (Å²) in [4.78, 5) is 0. The summed E-state index contributed by atoms with van der Waals surface area (Å²) in [6.45, 7) is 0.591. The summed E-state index contributed by atoms with van der Waals surface area (Å²) in [6.07, 6.45) is 3.10. The highest BCUT2D eigenvalue weighted by Crippen LogP contribution is 2.13. The van der Waals surface area contributed by atoms with E-state index in [-0.39, 0.29) is 5.56 Å². The Bertz CT molecular complexity index is 288. The fraction of sp³-hybridized carbons (Fsp3) is 0.200. The molecule has 3 heteroatoms. The number of nitrogens with one attached hydrogen (secondary N) is 1. The predicted octanol–water partition coefficient (Wildman–Crippen LogP) is 2.20. The third-order valence-electron chi connectivity index (χ3n) is 1.61. The minimum Gasteiger partial charge on any atom is -0.316 e. The van der Waals surface area contributed by atoms with Gasteiger partial charge in [-0.05, 0) is 19.2 Å². The topological polar surface area (TPSA) is 12.0 Å². The zero-order valence-corrected chi connectivity index (χ0v) is 7.35. The van der Waals surface area contributed by atoms with Crippen molar-refractivity contribution in [3.05, 3.63) is 41.5 Å². The zero-order chi connectivity index (χ0) is 9.68. The molecule has 1 aromatic carbocycles. The average molecular weight is 183 g/mol. The third kappa shape index (κ3) is 2.63. The van der Waals surface area contributed by atoms with Crippen LogP contribution in [-0.2, 0) is 0 Å². The molecule has 1 aromatic rings. The smallest absolute Gasteiger partial charge is 0.133 e. The fourth-order valence-corrected chi connectivity index (χ4v) is 0.965. The SMILES string of the molecule is CNCC=Cc1c(F)cccc1F. The van der Waals surface area contributed by atoms with Crippen LogP contribution in [0, 0.1) is 11.6 Å². The lowest BCUT2D eigenvalue weighted by molar-refractivity contribution is 0.578. The molecule has 0 saturated heterocycles. The third-order valence-corrected chi connectivity index (χ3v) is 1.61. The number of hydrogen-bond donors (Lipinski definition) is 1. The standard InChI is InChI=1S/C10H11F2N/c1-13-7-3-4-8-9(11)5-2-6-10(8)12/h2-6,13H,7H2,1H3. The van der Waals surface area contributed by atoms with Gasteiger partial charge >= 0.3 is 0 Å². The molecule has 1 N–H and O–H groups in total. The molecule has 0 bridgehead atoms. The summed E-state index contributed by atoms with van der Waals surface area (Å²) in [5.41, 5.74) is 0.0118. The van der Waals surface area contributed by atoms with Crippen molar-refractivity contribution >= 4 is 6.08 Å². The Morgan fingerprint density at radius 3 is 2.46 bits per heavy atom. The minimum atomic E-state index is -0.535. The molecule has 13 heavy (non-hydrogen) atoms. The van der Waals surface area contributed by atoms with Crippen LogP contribution in [0.3, 0.4) is 0 Å². The van der Waals surface area contributed by atoms with Crippen molar-refractivity contribution in [1.29, 1.82) is 0 Å². The lowest BCUT2D eigenvalue weighted by atomic mass is 10.2. The van der Waals surface area contributed by atoms with Gasteiger partial charge in [-0.1, -0.05) is 18.2 Å². The molecule has 0 radical (unpaired) electrons. The van der Waals surface area contributed by atoms with Crippen LogP contribution in [0.2, 0.25) is 0 Å². The highest BCUT2D eigenvalue weighted by molar-refractivity contribution is 5.50. The zero-order valence-electron chi connectivity index (χ0n) is 7.35. The van der Waals surface area contributed by atoms with Gasteiger partial charge in [0.1, 0.15) is 11.6 Å². The van der Waals surface area contributed by atoms with Gasteiger partial charge in [-0.15, -0.1) is 0 Å². The molecule has 0 aromatic heterocycles. The number of benzene rings is 1. The van der Waals surface area contributed by atoms with Gasteiger partial charge in [0.05, 0.1) is 0 Å². The first-order chi connectivity index (χ1) is 6.25. The Hall–Kier alpha value is -1.22. The molecule has 0 aliphatic carbocycles. The van der Waals surface area contributed by atoms with Gasteiger partial charge in [0.2, 0.25) is 0 Å². The Balaban J connectivity index is 2.87. The van der Waals surface area contributed by atoms with Crippen molar-refractivity contribution in [3.63, 3.8) is 0 Å². The van der Waals surface area contributed by atoms with E-state index in [9.17, 15) is 8.78 Å². The summed E-state index contributed by atoms with van der Waals surface area (Å²) < 4.78 is 25.9. The monoisotopic (exact) mass is 183 g/mol. The quantitative estimate of drug-likeness (QED) is 0.757. The summed E-state index contributed by atoms with van der Waals surface area (Å²) in [6, 6.07) is 3.82. The van der Waals surface area contributed by atoms with Gasteiger partial charge < -0.3 is 5.32 Å². The van der Waals surface area contributed by atoms with Gasteiger partial charge in [0, 0.05) is 12.1 Å². The summed E-state index contributed by atoms with van der Waals surface area (Å²) in [7, 11) is 1.77. The molecule has 0 aliphatic rings. The average Bonchev–Trinajstić information content (AvgIpc) is 2.10. The second-order valence-corrected chi connectivity index (χ2v) is 2.60. The molecule has 0 spiro atoms. The fourth-order valence-electron chi connectivity index (χ4n) is 0.965. The molecule has 0 fully saturated rings. The normalized spacial score (nSPS) is 11.0. The molecular weight excluding hydrogens is 172 g/mol. The maximum Gasteiger partial charge on any atom is 0.133 e. The van der Waals surface area contributed by atoms with Gasteiger partial charge in [0.25, 0.3) is 0 Å². The summed E-state index contributed by atoms with van der Waals surface area (Å²) in [5.74, 6) is -1.07. The molecule has 70 valence electrons. The van der Waals surface area contributed by atoms with Crippen LogP contribution in [0.4, 0.5) is 8.78 Å². The molecule has 0 heterocycles. The van der Waals surface area contributed by atoms with Crippen LogP contribution >= 0.6 is 0 Å². The maximum atomic E-state index is 13.0. The van der Waals surface area contributed by atoms with Gasteiger partial charge in [-0.2, -0.15) is 0 Å². The first-order valence-electron chi connectivity index (χ1n) is 4.01. The molecular formula is C10H11F2N. The Morgan fingerprint density at radius 2 is 1.92 bits per heavy atom. The highest BCUT2D eigenvalue weighted by Gasteiger charge is 2.02. The van der Waals surface area contributed by atoms with Crippen LogP contribution in [0.1, 0.15) is 5.56 Å². The van der Waals surface area contributed by atoms with Crippen LogP contribution in [0.15, 0.2) is 24.3 Å². The van der Waals surface area contributed by atoms with Crippen LogP contribution in [0.25, 0.3) is 6.08 Å². The number of hydrogen-bond acceptors (Lipinski definition) is 1. The van der Waals surface area contributed by atoms with E-state index >= 15 is 0 Å². The molecule has 0 aliphatic heterocycles. The largest absolute Gasteiger partial charge is 0.316 e. The van der Waals surface area contributed by atoms with Crippen LogP contribution < -0.4 is 5.32 Å². The number of rotatable bonds is 3. The van der Waals surface area contributed by atoms with Crippen molar-refractivity contribution in [2.75, 3.05) is 13.6 Å². The van der Waals surface area contributed by atoms with Gasteiger partial charge in [-0.3, -0.25) is 0 Å². The Morgan fingerprint density at radius 1 is 1.31 bits per heavy atom.